The number of para-hydroxylation sites is 1. The second-order valence-corrected chi connectivity index (χ2v) is 7.86. The van der Waals surface area contributed by atoms with Crippen molar-refractivity contribution < 1.29 is 23.5 Å². The Bertz CT molecular complexity index is 1020. The van der Waals surface area contributed by atoms with E-state index in [0.29, 0.717) is 0 Å². The van der Waals surface area contributed by atoms with E-state index in [4.69, 9.17) is 14.9 Å². The van der Waals surface area contributed by atoms with Gasteiger partial charge < -0.3 is 14.9 Å². The van der Waals surface area contributed by atoms with Crippen LogP contribution in [0.4, 0.5) is 5.88 Å². The molecule has 0 unspecified atom stereocenters. The molecule has 8 nitrogen and oxygen atoms in total. The van der Waals surface area contributed by atoms with Gasteiger partial charge in [0.05, 0.1) is 22.6 Å². The first kappa shape index (κ1) is 19.9. The third-order valence-electron chi connectivity index (χ3n) is 3.66. The van der Waals surface area contributed by atoms with Gasteiger partial charge in [-0.1, -0.05) is 23.9 Å². The third kappa shape index (κ3) is 4.18. The van der Waals surface area contributed by atoms with Gasteiger partial charge in [0.2, 0.25) is 11.8 Å². The highest BCUT2D eigenvalue weighted by Crippen LogP contribution is 2.30. The number of ether oxygens (including phenoxy) is 1. The molecule has 28 heavy (non-hydrogen) atoms. The normalized spacial score (nSPS) is 10.8. The van der Waals surface area contributed by atoms with Crippen LogP contribution in [-0.2, 0) is 9.53 Å². The molecule has 0 aliphatic heterocycles. The fourth-order valence-electron chi connectivity index (χ4n) is 2.52. The number of furan rings is 1. The van der Waals surface area contributed by atoms with Gasteiger partial charge >= 0.3 is 5.97 Å². The van der Waals surface area contributed by atoms with Gasteiger partial charge in [-0.25, -0.2) is 9.78 Å². The average molecular weight is 419 g/mol. The van der Waals surface area contributed by atoms with E-state index in [-0.39, 0.29) is 35.1 Å². The lowest BCUT2D eigenvalue weighted by Gasteiger charge is -2.04. The van der Waals surface area contributed by atoms with E-state index in [0.717, 1.165) is 14.6 Å². The van der Waals surface area contributed by atoms with Crippen LogP contribution in [0.3, 0.4) is 0 Å². The van der Waals surface area contributed by atoms with Crippen molar-refractivity contribution in [3.63, 3.8) is 0 Å². The molecular weight excluding hydrogens is 402 g/mol. The molecule has 2 amide bonds. The lowest BCUT2D eigenvalue weighted by atomic mass is 10.1. The average Bonchev–Trinajstić information content (AvgIpc) is 3.20. The molecule has 0 saturated carbocycles. The molecule has 0 spiro atoms. The number of carbonyl (C=O) groups excluding carboxylic acids is 3. The molecule has 2 heterocycles. The number of aryl methyl sites for hydroxylation is 1. The number of nitrogens with one attached hydrogen (secondary N) is 1. The molecule has 3 rings (SSSR count). The van der Waals surface area contributed by atoms with Gasteiger partial charge in [-0.2, -0.15) is 0 Å². The molecule has 2 aromatic heterocycles. The highest BCUT2D eigenvalue weighted by atomic mass is 32.2. The quantitative estimate of drug-likeness (QED) is 0.445. The molecule has 3 N–H and O–H groups in total. The van der Waals surface area contributed by atoms with E-state index in [1.165, 1.54) is 30.0 Å². The van der Waals surface area contributed by atoms with Crippen LogP contribution >= 0.6 is 23.1 Å². The summed E-state index contributed by atoms with van der Waals surface area (Å²) >= 11 is 2.74. The smallest absolute Gasteiger partial charge is 0.342 e. The first-order valence-corrected chi connectivity index (χ1v) is 10.1. The number of thioether (sulfide) groups is 1. The molecule has 3 aromatic rings. The maximum Gasteiger partial charge on any atom is 0.342 e. The summed E-state index contributed by atoms with van der Waals surface area (Å²) < 4.78 is 12.1. The molecule has 146 valence electrons. The van der Waals surface area contributed by atoms with Crippen LogP contribution < -0.4 is 11.1 Å². The Morgan fingerprint density at radius 1 is 1.29 bits per heavy atom. The number of carbonyl (C=O) groups is 3. The summed E-state index contributed by atoms with van der Waals surface area (Å²) in [7, 11) is 0. The number of rotatable bonds is 7. The number of aromatic nitrogens is 1. The number of hydrogen-bond donors (Lipinski definition) is 2. The van der Waals surface area contributed by atoms with Crippen LogP contribution in [0.1, 0.15) is 33.4 Å². The van der Waals surface area contributed by atoms with Crippen molar-refractivity contribution in [1.29, 1.82) is 0 Å². The zero-order valence-corrected chi connectivity index (χ0v) is 16.7. The molecule has 0 aliphatic rings. The lowest BCUT2D eigenvalue weighted by molar-refractivity contribution is -0.113. The van der Waals surface area contributed by atoms with Crippen molar-refractivity contribution in [1.82, 2.24) is 4.98 Å². The molecule has 0 bridgehead atoms. The Hall–Kier alpha value is -2.85. The lowest BCUT2D eigenvalue weighted by Crippen LogP contribution is -2.21. The molecule has 0 aliphatic carbocycles. The maximum atomic E-state index is 12.3. The highest BCUT2D eigenvalue weighted by Gasteiger charge is 2.29. The van der Waals surface area contributed by atoms with E-state index in [2.05, 4.69) is 10.3 Å². The number of benzene rings is 1. The SMILES string of the molecule is CCOC(=O)c1c(C)oc(NC(=O)CSc2nc3ccccc3s2)c1C(N)=O. The summed E-state index contributed by atoms with van der Waals surface area (Å²) in [6.07, 6.45) is 0. The van der Waals surface area contributed by atoms with Crippen molar-refractivity contribution in [2.24, 2.45) is 5.73 Å². The summed E-state index contributed by atoms with van der Waals surface area (Å²) in [6, 6.07) is 7.68. The number of esters is 1. The predicted molar refractivity (Wildman–Crippen MR) is 107 cm³/mol. The molecular formula is C18H17N3O5S2. The van der Waals surface area contributed by atoms with Gasteiger partial charge in [0, 0.05) is 0 Å². The third-order valence-corrected chi connectivity index (χ3v) is 5.84. The van der Waals surface area contributed by atoms with Crippen molar-refractivity contribution >= 4 is 57.0 Å². The van der Waals surface area contributed by atoms with Gasteiger partial charge in [0.15, 0.2) is 4.34 Å². The molecule has 0 saturated heterocycles. The van der Waals surface area contributed by atoms with E-state index in [9.17, 15) is 14.4 Å². The van der Waals surface area contributed by atoms with Crippen molar-refractivity contribution in [3.8, 4) is 0 Å². The predicted octanol–water partition coefficient (Wildman–Crippen LogP) is 3.20. The Morgan fingerprint density at radius 2 is 2.04 bits per heavy atom. The largest absolute Gasteiger partial charge is 0.462 e. The van der Waals surface area contributed by atoms with Crippen LogP contribution in [0, 0.1) is 6.92 Å². The summed E-state index contributed by atoms with van der Waals surface area (Å²) in [5, 5.41) is 2.50. The summed E-state index contributed by atoms with van der Waals surface area (Å²) in [5.41, 5.74) is 5.96. The standard InChI is InChI=1S/C18H17N3O5S2/c1-3-25-17(24)13-9(2)26-16(14(13)15(19)23)21-12(22)8-27-18-20-10-6-4-5-7-11(10)28-18/h4-7H,3,8H2,1-2H3,(H2,19,23)(H,21,22). The molecule has 0 radical (unpaired) electrons. The zero-order valence-electron chi connectivity index (χ0n) is 15.1. The van der Waals surface area contributed by atoms with Crippen LogP contribution in [-0.4, -0.2) is 35.1 Å². The number of nitrogens with zero attached hydrogens (tertiary/aromatic N) is 1. The summed E-state index contributed by atoms with van der Waals surface area (Å²) in [6.45, 7) is 3.26. The van der Waals surface area contributed by atoms with E-state index in [1.807, 2.05) is 24.3 Å². The maximum absolute atomic E-state index is 12.3. The second-order valence-electron chi connectivity index (χ2n) is 5.61. The Kier molecular flexibility index (Phi) is 6.00. The number of primary amides is 1. The van der Waals surface area contributed by atoms with Gasteiger partial charge in [0.1, 0.15) is 16.9 Å². The van der Waals surface area contributed by atoms with Crippen LogP contribution in [0.15, 0.2) is 33.0 Å². The fourth-order valence-corrected chi connectivity index (χ4v) is 4.39. The number of thiazole rings is 1. The minimum Gasteiger partial charge on any atom is -0.462 e. The first-order chi connectivity index (χ1) is 13.4. The van der Waals surface area contributed by atoms with Crippen LogP contribution in [0.25, 0.3) is 10.2 Å². The van der Waals surface area contributed by atoms with Gasteiger partial charge in [-0.15, -0.1) is 11.3 Å². The molecule has 10 heteroatoms. The van der Waals surface area contributed by atoms with E-state index < -0.39 is 17.8 Å². The van der Waals surface area contributed by atoms with E-state index in [1.54, 1.807) is 6.92 Å². The van der Waals surface area contributed by atoms with Crippen LogP contribution in [0.2, 0.25) is 0 Å². The fraction of sp³-hybridized carbons (Fsp3) is 0.222. The summed E-state index contributed by atoms with van der Waals surface area (Å²) in [5.74, 6) is -2.02. The molecule has 0 fully saturated rings. The van der Waals surface area contributed by atoms with Gasteiger partial charge in [-0.05, 0) is 26.0 Å². The van der Waals surface area contributed by atoms with Crippen molar-refractivity contribution in [3.05, 3.63) is 41.2 Å². The van der Waals surface area contributed by atoms with E-state index >= 15 is 0 Å². The summed E-state index contributed by atoms with van der Waals surface area (Å²) in [4.78, 5) is 40.6. The highest BCUT2D eigenvalue weighted by molar-refractivity contribution is 8.01. The van der Waals surface area contributed by atoms with Crippen molar-refractivity contribution in [2.45, 2.75) is 18.2 Å². The van der Waals surface area contributed by atoms with Crippen molar-refractivity contribution in [2.75, 3.05) is 17.7 Å². The van der Waals surface area contributed by atoms with Gasteiger partial charge in [0.25, 0.3) is 5.91 Å². The zero-order chi connectivity index (χ0) is 20.3. The molecule has 0 atom stereocenters. The Labute approximate surface area is 168 Å². The second kappa shape index (κ2) is 8.44. The number of nitrogens with two attached hydrogens (primary N) is 1. The van der Waals surface area contributed by atoms with Gasteiger partial charge in [-0.3, -0.25) is 14.9 Å². The number of amides is 2. The topological polar surface area (TPSA) is 125 Å². The van der Waals surface area contributed by atoms with Crippen LogP contribution in [0.5, 0.6) is 0 Å². The monoisotopic (exact) mass is 419 g/mol. The Balaban J connectivity index is 1.73. The Morgan fingerprint density at radius 3 is 2.71 bits per heavy atom. The number of fused-ring (bicyclic) bond motifs is 1. The minimum absolute atomic E-state index is 0.0481. The number of hydrogen-bond acceptors (Lipinski definition) is 8. The number of anilines is 1. The first-order valence-electron chi connectivity index (χ1n) is 8.29. The molecule has 1 aromatic carbocycles. The minimum atomic E-state index is -0.894.